The lowest BCUT2D eigenvalue weighted by Crippen LogP contribution is -2.32. The highest BCUT2D eigenvalue weighted by Gasteiger charge is 2.20. The fourth-order valence-corrected chi connectivity index (χ4v) is 2.26. The number of amides is 1. The molecule has 6 heteroatoms. The Bertz CT molecular complexity index is 699. The number of anilines is 1. The third-order valence-electron chi connectivity index (χ3n) is 3.67. The number of ether oxygens (including phenoxy) is 4. The monoisotopic (exact) mass is 345 g/mol. The zero-order valence-electron chi connectivity index (χ0n) is 14.9. The van der Waals surface area contributed by atoms with E-state index in [0.717, 1.165) is 5.75 Å². The van der Waals surface area contributed by atoms with Gasteiger partial charge in [-0.25, -0.2) is 0 Å². The van der Waals surface area contributed by atoms with E-state index < -0.39 is 6.10 Å². The first-order valence-electron chi connectivity index (χ1n) is 7.94. The summed E-state index contributed by atoms with van der Waals surface area (Å²) >= 11 is 0. The molecule has 2 rings (SSSR count). The van der Waals surface area contributed by atoms with Crippen molar-refractivity contribution in [2.75, 3.05) is 26.6 Å². The van der Waals surface area contributed by atoms with Crippen LogP contribution in [0.3, 0.4) is 0 Å². The number of methoxy groups -OCH3 is 3. The third-order valence-corrected chi connectivity index (χ3v) is 3.67. The summed E-state index contributed by atoms with van der Waals surface area (Å²) in [4.78, 5) is 12.5. The van der Waals surface area contributed by atoms with Gasteiger partial charge in [0.1, 0.15) is 23.0 Å². The lowest BCUT2D eigenvalue weighted by atomic mass is 10.2. The second-order valence-corrected chi connectivity index (χ2v) is 5.25. The molecule has 1 amide bonds. The van der Waals surface area contributed by atoms with Crippen LogP contribution in [-0.4, -0.2) is 33.3 Å². The summed E-state index contributed by atoms with van der Waals surface area (Å²) < 4.78 is 21.3. The number of hydrogen-bond acceptors (Lipinski definition) is 5. The van der Waals surface area contributed by atoms with E-state index in [1.165, 1.54) is 7.11 Å². The maximum Gasteiger partial charge on any atom is 0.265 e. The van der Waals surface area contributed by atoms with Crippen LogP contribution < -0.4 is 24.3 Å². The molecule has 2 aromatic carbocycles. The summed E-state index contributed by atoms with van der Waals surface area (Å²) in [5, 5.41) is 2.84. The van der Waals surface area contributed by atoms with Gasteiger partial charge in [0.15, 0.2) is 6.10 Å². The zero-order chi connectivity index (χ0) is 18.2. The molecule has 0 radical (unpaired) electrons. The van der Waals surface area contributed by atoms with Gasteiger partial charge in [-0.2, -0.15) is 0 Å². The smallest absolute Gasteiger partial charge is 0.265 e. The van der Waals surface area contributed by atoms with Gasteiger partial charge in [-0.15, -0.1) is 0 Å². The predicted molar refractivity (Wildman–Crippen MR) is 95.9 cm³/mol. The molecule has 0 heterocycles. The van der Waals surface area contributed by atoms with Crippen LogP contribution in [0.15, 0.2) is 42.5 Å². The molecule has 25 heavy (non-hydrogen) atoms. The fourth-order valence-electron chi connectivity index (χ4n) is 2.26. The molecule has 0 saturated carbocycles. The molecular formula is C19H23NO5. The highest BCUT2D eigenvalue weighted by atomic mass is 16.5. The first-order chi connectivity index (χ1) is 12.1. The summed E-state index contributed by atoms with van der Waals surface area (Å²) in [6.07, 6.45) is -0.101. The first-order valence-corrected chi connectivity index (χ1v) is 7.94. The molecule has 0 spiro atoms. The van der Waals surface area contributed by atoms with Gasteiger partial charge in [0.05, 0.1) is 27.0 Å². The molecule has 0 aliphatic heterocycles. The number of carbonyl (C=O) groups excluding carboxylic acids is 1. The van der Waals surface area contributed by atoms with Gasteiger partial charge in [-0.05, 0) is 42.8 Å². The van der Waals surface area contributed by atoms with Crippen molar-refractivity contribution in [1.29, 1.82) is 0 Å². The Morgan fingerprint density at radius 3 is 2.08 bits per heavy atom. The van der Waals surface area contributed by atoms with Crippen LogP contribution in [0.4, 0.5) is 5.69 Å². The van der Waals surface area contributed by atoms with Crippen LogP contribution >= 0.6 is 0 Å². The van der Waals surface area contributed by atoms with Gasteiger partial charge in [-0.1, -0.05) is 6.92 Å². The van der Waals surface area contributed by atoms with Crippen LogP contribution in [0.1, 0.15) is 13.3 Å². The average molecular weight is 345 g/mol. The molecule has 6 nitrogen and oxygen atoms in total. The molecule has 134 valence electrons. The standard InChI is InChI=1S/C19H23NO5/c1-5-17(25-14-8-6-13(22-2)7-9-14)19(21)20-16-11-10-15(23-3)12-18(16)24-4/h6-12,17H,5H2,1-4H3,(H,20,21)/t17-/m1/s1. The van der Waals surface area contributed by atoms with Gasteiger partial charge in [0, 0.05) is 6.07 Å². The second kappa shape index (κ2) is 8.82. The van der Waals surface area contributed by atoms with Gasteiger partial charge < -0.3 is 24.3 Å². The quantitative estimate of drug-likeness (QED) is 0.793. The maximum absolute atomic E-state index is 12.5. The minimum Gasteiger partial charge on any atom is -0.497 e. The van der Waals surface area contributed by atoms with Crippen LogP contribution in [0.25, 0.3) is 0 Å². The molecule has 1 N–H and O–H groups in total. The number of nitrogens with one attached hydrogen (secondary N) is 1. The Morgan fingerprint density at radius 2 is 1.52 bits per heavy atom. The molecule has 0 aromatic heterocycles. The number of carbonyl (C=O) groups is 1. The summed E-state index contributed by atoms with van der Waals surface area (Å²) in [5.74, 6) is 2.25. The topological polar surface area (TPSA) is 66.0 Å². The van der Waals surface area contributed by atoms with E-state index in [2.05, 4.69) is 5.32 Å². The van der Waals surface area contributed by atoms with Crippen molar-refractivity contribution < 1.29 is 23.7 Å². The second-order valence-electron chi connectivity index (χ2n) is 5.25. The van der Waals surface area contributed by atoms with Crippen LogP contribution in [0.5, 0.6) is 23.0 Å². The van der Waals surface area contributed by atoms with Crippen molar-refractivity contribution in [3.63, 3.8) is 0 Å². The predicted octanol–water partition coefficient (Wildman–Crippen LogP) is 3.51. The van der Waals surface area contributed by atoms with Gasteiger partial charge >= 0.3 is 0 Å². The van der Waals surface area contributed by atoms with Crippen molar-refractivity contribution in [2.45, 2.75) is 19.4 Å². The summed E-state index contributed by atoms with van der Waals surface area (Å²) in [7, 11) is 4.71. The molecule has 0 bridgehead atoms. The van der Waals surface area contributed by atoms with E-state index in [1.54, 1.807) is 56.7 Å². The normalized spacial score (nSPS) is 11.4. The molecule has 0 aliphatic rings. The van der Waals surface area contributed by atoms with Crippen molar-refractivity contribution in [3.05, 3.63) is 42.5 Å². The zero-order valence-corrected chi connectivity index (χ0v) is 14.9. The van der Waals surface area contributed by atoms with Gasteiger partial charge in [0.25, 0.3) is 5.91 Å². The van der Waals surface area contributed by atoms with Crippen LogP contribution in [0.2, 0.25) is 0 Å². The number of rotatable bonds is 8. The van der Waals surface area contributed by atoms with E-state index in [4.69, 9.17) is 18.9 Å². The molecule has 2 aromatic rings. The minimum atomic E-state index is -0.625. The van der Waals surface area contributed by atoms with Crippen LogP contribution in [-0.2, 0) is 4.79 Å². The fraction of sp³-hybridized carbons (Fsp3) is 0.316. The number of hydrogen-bond donors (Lipinski definition) is 1. The van der Waals surface area contributed by atoms with E-state index in [1.807, 2.05) is 6.92 Å². The molecule has 0 unspecified atom stereocenters. The molecule has 0 aliphatic carbocycles. The largest absolute Gasteiger partial charge is 0.497 e. The lowest BCUT2D eigenvalue weighted by molar-refractivity contribution is -0.122. The first kappa shape index (κ1) is 18.4. The van der Waals surface area contributed by atoms with Crippen molar-refractivity contribution in [3.8, 4) is 23.0 Å². The van der Waals surface area contributed by atoms with Gasteiger partial charge in [-0.3, -0.25) is 4.79 Å². The molecule has 0 saturated heterocycles. The molecule has 1 atom stereocenters. The Morgan fingerprint density at radius 1 is 0.920 bits per heavy atom. The van der Waals surface area contributed by atoms with E-state index >= 15 is 0 Å². The van der Waals surface area contributed by atoms with Crippen molar-refractivity contribution >= 4 is 11.6 Å². The summed E-state index contributed by atoms with van der Waals surface area (Å²) in [6.45, 7) is 1.89. The Kier molecular flexibility index (Phi) is 6.51. The summed E-state index contributed by atoms with van der Waals surface area (Å²) in [6, 6.07) is 12.3. The highest BCUT2D eigenvalue weighted by Crippen LogP contribution is 2.29. The minimum absolute atomic E-state index is 0.248. The number of benzene rings is 2. The lowest BCUT2D eigenvalue weighted by Gasteiger charge is -2.18. The van der Waals surface area contributed by atoms with Crippen LogP contribution in [0, 0.1) is 0 Å². The van der Waals surface area contributed by atoms with E-state index in [0.29, 0.717) is 29.4 Å². The van der Waals surface area contributed by atoms with Crippen molar-refractivity contribution in [1.82, 2.24) is 0 Å². The molecular weight excluding hydrogens is 322 g/mol. The Hall–Kier alpha value is -2.89. The van der Waals surface area contributed by atoms with Gasteiger partial charge in [0.2, 0.25) is 0 Å². The maximum atomic E-state index is 12.5. The molecule has 0 fully saturated rings. The summed E-state index contributed by atoms with van der Waals surface area (Å²) in [5.41, 5.74) is 0.560. The van der Waals surface area contributed by atoms with E-state index in [9.17, 15) is 4.79 Å². The SMILES string of the molecule is CC[C@@H](Oc1ccc(OC)cc1)C(=O)Nc1ccc(OC)cc1OC. The van der Waals surface area contributed by atoms with E-state index in [-0.39, 0.29) is 5.91 Å². The average Bonchev–Trinajstić information content (AvgIpc) is 2.66. The highest BCUT2D eigenvalue weighted by molar-refractivity contribution is 5.95. The Labute approximate surface area is 147 Å². The van der Waals surface area contributed by atoms with Crippen molar-refractivity contribution in [2.24, 2.45) is 0 Å². The third kappa shape index (κ3) is 4.79. The Balaban J connectivity index is 2.08.